The van der Waals surface area contributed by atoms with Crippen molar-refractivity contribution in [3.63, 3.8) is 0 Å². The Morgan fingerprint density at radius 3 is 2.85 bits per heavy atom. The second-order valence-electron chi connectivity index (χ2n) is 12.8. The summed E-state index contributed by atoms with van der Waals surface area (Å²) in [6.07, 6.45) is 11.6. The van der Waals surface area contributed by atoms with Crippen LogP contribution in [-0.2, 0) is 4.74 Å². The zero-order valence-electron chi connectivity index (χ0n) is 21.0. The lowest BCUT2D eigenvalue weighted by Crippen LogP contribution is -2.52. The van der Waals surface area contributed by atoms with Crippen molar-refractivity contribution in [3.8, 4) is 6.07 Å². The van der Waals surface area contributed by atoms with E-state index in [0.29, 0.717) is 24.4 Å². The number of nitrogens with zero attached hydrogens (tertiary/aromatic N) is 2. The van der Waals surface area contributed by atoms with Crippen molar-refractivity contribution in [2.24, 2.45) is 35.0 Å². The highest BCUT2D eigenvalue weighted by Crippen LogP contribution is 2.65. The van der Waals surface area contributed by atoms with E-state index in [4.69, 9.17) is 4.74 Å². The number of hydrogen-bond donors (Lipinski definition) is 1. The van der Waals surface area contributed by atoms with E-state index in [-0.39, 0.29) is 23.2 Å². The first kappa shape index (κ1) is 22.3. The fourth-order valence-electron chi connectivity index (χ4n) is 9.74. The second-order valence-corrected chi connectivity index (χ2v) is 12.8. The summed E-state index contributed by atoms with van der Waals surface area (Å²) in [5.74, 6) is 3.24. The summed E-state index contributed by atoms with van der Waals surface area (Å²) in [5.41, 5.74) is 4.97. The summed E-state index contributed by atoms with van der Waals surface area (Å²) in [5, 5.41) is 19.8. The minimum absolute atomic E-state index is 0.133. The van der Waals surface area contributed by atoms with Crippen LogP contribution in [0.15, 0.2) is 22.8 Å². The molecule has 2 saturated carbocycles. The second kappa shape index (κ2) is 7.67. The maximum absolute atomic E-state index is 10.3. The Balaban J connectivity index is 1.33. The van der Waals surface area contributed by atoms with Crippen LogP contribution in [0.4, 0.5) is 0 Å². The number of likely N-dealkylation sites (tertiary alicyclic amines) is 1. The summed E-state index contributed by atoms with van der Waals surface area (Å²) in [6.45, 7) is 11.2. The number of hydrogen-bond acceptors (Lipinski definition) is 4. The molecule has 4 heteroatoms. The van der Waals surface area contributed by atoms with Crippen molar-refractivity contribution in [1.29, 1.82) is 5.26 Å². The molecule has 1 spiro atoms. The van der Waals surface area contributed by atoms with Gasteiger partial charge in [-0.05, 0) is 93.0 Å². The fourth-order valence-corrected chi connectivity index (χ4v) is 9.74. The highest BCUT2D eigenvalue weighted by molar-refractivity contribution is 5.38. The van der Waals surface area contributed by atoms with Gasteiger partial charge in [-0.2, -0.15) is 5.26 Å². The Kier molecular flexibility index (Phi) is 5.19. The van der Waals surface area contributed by atoms with Crippen LogP contribution in [0.3, 0.4) is 0 Å². The van der Waals surface area contributed by atoms with Gasteiger partial charge in [0.2, 0.25) is 0 Å². The van der Waals surface area contributed by atoms with E-state index >= 15 is 0 Å². The molecule has 2 aliphatic heterocycles. The number of aliphatic hydroxyl groups is 1. The Labute approximate surface area is 200 Å². The Morgan fingerprint density at radius 1 is 1.24 bits per heavy atom. The summed E-state index contributed by atoms with van der Waals surface area (Å²) < 4.78 is 7.12. The average Bonchev–Trinajstić information content (AvgIpc) is 3.29. The quantitative estimate of drug-likeness (QED) is 0.439. The number of aliphatic hydroxyl groups excluding tert-OH is 1. The fraction of sp³-hybridized carbons (Fsp3) is 0.828. The molecular formula is C29H42N2O2. The normalized spacial score (nSPS) is 51.5. The van der Waals surface area contributed by atoms with Gasteiger partial charge in [0.05, 0.1) is 30.4 Å². The highest BCUT2D eigenvalue weighted by atomic mass is 16.5. The van der Waals surface area contributed by atoms with E-state index in [1.54, 1.807) is 16.7 Å². The van der Waals surface area contributed by atoms with Crippen LogP contribution >= 0.6 is 0 Å². The van der Waals surface area contributed by atoms with E-state index in [0.717, 1.165) is 56.4 Å². The van der Waals surface area contributed by atoms with Crippen molar-refractivity contribution in [1.82, 2.24) is 4.90 Å². The van der Waals surface area contributed by atoms with Gasteiger partial charge in [-0.1, -0.05) is 38.0 Å². The zero-order chi connectivity index (χ0) is 23.1. The molecule has 4 fully saturated rings. The number of nitriles is 1. The van der Waals surface area contributed by atoms with Gasteiger partial charge in [-0.3, -0.25) is 4.90 Å². The van der Waals surface area contributed by atoms with Crippen LogP contribution in [0.25, 0.3) is 0 Å². The molecule has 0 unspecified atom stereocenters. The van der Waals surface area contributed by atoms with Gasteiger partial charge >= 0.3 is 0 Å². The van der Waals surface area contributed by atoms with Crippen LogP contribution in [0, 0.1) is 46.3 Å². The molecule has 0 radical (unpaired) electrons. The summed E-state index contributed by atoms with van der Waals surface area (Å²) >= 11 is 0. The van der Waals surface area contributed by atoms with Gasteiger partial charge in [-0.25, -0.2) is 0 Å². The maximum Gasteiger partial charge on any atom is 0.0937 e. The van der Waals surface area contributed by atoms with E-state index in [9.17, 15) is 10.4 Å². The largest absolute Gasteiger partial charge is 0.393 e. The molecule has 4 nitrogen and oxygen atoms in total. The van der Waals surface area contributed by atoms with E-state index in [1.807, 2.05) is 0 Å². The first-order valence-corrected chi connectivity index (χ1v) is 13.6. The molecule has 1 N–H and O–H groups in total. The maximum atomic E-state index is 10.3. The lowest BCUT2D eigenvalue weighted by Gasteiger charge is -2.49. The van der Waals surface area contributed by atoms with Gasteiger partial charge in [0.15, 0.2) is 0 Å². The number of fused-ring (bicyclic) bond motifs is 6. The van der Waals surface area contributed by atoms with E-state index in [1.165, 1.54) is 19.3 Å². The molecule has 0 amide bonds. The molecule has 6 rings (SSSR count). The third-order valence-corrected chi connectivity index (χ3v) is 11.4. The molecule has 10 atom stereocenters. The average molecular weight is 451 g/mol. The molecule has 4 aliphatic carbocycles. The SMILES string of the molecule is CC1=C2C[C@H]3[C@@H](CC=C4C[C@@H](O)CC[C@@]43C)[C@@H]2CC[C@]12O[C@@H]1C[C@H](C)CN(CC#N)[C@H]1[C@H]2C. The molecule has 180 valence electrons. The highest BCUT2D eigenvalue weighted by Gasteiger charge is 2.61. The molecule has 0 bridgehead atoms. The van der Waals surface area contributed by atoms with Crippen molar-refractivity contribution >= 4 is 0 Å². The molecule has 0 aromatic rings. The minimum Gasteiger partial charge on any atom is -0.393 e. The number of rotatable bonds is 1. The van der Waals surface area contributed by atoms with E-state index in [2.05, 4.69) is 44.7 Å². The first-order valence-electron chi connectivity index (χ1n) is 13.6. The molecule has 33 heavy (non-hydrogen) atoms. The smallest absolute Gasteiger partial charge is 0.0937 e. The molecule has 2 heterocycles. The van der Waals surface area contributed by atoms with E-state index < -0.39 is 0 Å². The minimum atomic E-state index is -0.136. The number of piperidine rings is 1. The zero-order valence-corrected chi connectivity index (χ0v) is 21.0. The Bertz CT molecular complexity index is 932. The van der Waals surface area contributed by atoms with Gasteiger partial charge in [0, 0.05) is 18.5 Å². The standard InChI is InChI=1S/C29H42N2O2/c1-17-13-26-27(31(16-17)12-11-30)19(3)29(33-26)10-8-22-23-6-5-20-14-21(32)7-9-28(20,4)25(23)15-24(22)18(29)2/h5,17,19,21-23,25-27,32H,6-10,12-16H2,1-4H3/t17-,19+,21-,22-,23-,25-,26+,27-,28-,29-/m0/s1. The molecule has 6 aliphatic rings. The van der Waals surface area contributed by atoms with Crippen LogP contribution in [0.1, 0.15) is 79.1 Å². The molecular weight excluding hydrogens is 408 g/mol. The summed E-state index contributed by atoms with van der Waals surface area (Å²) in [7, 11) is 0. The van der Waals surface area contributed by atoms with Crippen molar-refractivity contribution < 1.29 is 9.84 Å². The van der Waals surface area contributed by atoms with Gasteiger partial charge in [0.1, 0.15) is 0 Å². The lowest BCUT2D eigenvalue weighted by molar-refractivity contribution is -0.0637. The van der Waals surface area contributed by atoms with Crippen LogP contribution in [0.2, 0.25) is 0 Å². The third kappa shape index (κ3) is 3.04. The number of ether oxygens (including phenoxy) is 1. The van der Waals surface area contributed by atoms with Crippen molar-refractivity contribution in [3.05, 3.63) is 22.8 Å². The first-order chi connectivity index (χ1) is 15.8. The molecule has 0 aromatic heterocycles. The topological polar surface area (TPSA) is 56.5 Å². The molecule has 0 aromatic carbocycles. The van der Waals surface area contributed by atoms with Crippen LogP contribution in [-0.4, -0.2) is 46.9 Å². The van der Waals surface area contributed by atoms with Crippen molar-refractivity contribution in [2.45, 2.75) is 103 Å². The predicted molar refractivity (Wildman–Crippen MR) is 129 cm³/mol. The monoisotopic (exact) mass is 450 g/mol. The summed E-state index contributed by atoms with van der Waals surface area (Å²) in [4.78, 5) is 2.43. The van der Waals surface area contributed by atoms with Crippen LogP contribution < -0.4 is 0 Å². The predicted octanol–water partition coefficient (Wildman–Crippen LogP) is 5.24. The Hall–Kier alpha value is -1.15. The lowest BCUT2D eigenvalue weighted by atomic mass is 9.56. The number of allylic oxidation sites excluding steroid dienone is 2. The summed E-state index contributed by atoms with van der Waals surface area (Å²) in [6, 6.07) is 2.81. The van der Waals surface area contributed by atoms with Gasteiger partial charge in [0.25, 0.3) is 0 Å². The van der Waals surface area contributed by atoms with Gasteiger partial charge in [-0.15, -0.1) is 0 Å². The Morgan fingerprint density at radius 2 is 2.06 bits per heavy atom. The van der Waals surface area contributed by atoms with Crippen molar-refractivity contribution in [2.75, 3.05) is 13.1 Å². The molecule has 2 saturated heterocycles. The van der Waals surface area contributed by atoms with Crippen LogP contribution in [0.5, 0.6) is 0 Å². The third-order valence-electron chi connectivity index (χ3n) is 11.4. The van der Waals surface area contributed by atoms with Gasteiger partial charge < -0.3 is 9.84 Å².